The van der Waals surface area contributed by atoms with E-state index in [2.05, 4.69) is 11.2 Å². The molecule has 0 saturated carbocycles. The van der Waals surface area contributed by atoms with Gasteiger partial charge in [0.1, 0.15) is 6.54 Å². The van der Waals surface area contributed by atoms with E-state index in [0.29, 0.717) is 22.4 Å². The monoisotopic (exact) mass is 304 g/mol. The minimum atomic E-state index is -0.464. The Balaban J connectivity index is 1.73. The fraction of sp³-hybridized carbons (Fsp3) is 0.0556. The molecule has 0 bridgehead atoms. The van der Waals surface area contributed by atoms with Crippen LogP contribution in [-0.2, 0) is 4.79 Å². The number of hydrogen-bond acceptors (Lipinski definition) is 3. The first-order valence-electron chi connectivity index (χ1n) is 6.92. The normalized spacial score (nSPS) is 12.7. The fourth-order valence-corrected chi connectivity index (χ4v) is 2.41. The number of fused-ring (bicyclic) bond motifs is 1. The molecule has 23 heavy (non-hydrogen) atoms. The van der Waals surface area contributed by atoms with Crippen LogP contribution in [0.25, 0.3) is 0 Å². The highest BCUT2D eigenvalue weighted by Gasteiger charge is 2.36. The second-order valence-corrected chi connectivity index (χ2v) is 5.02. The molecule has 112 valence electrons. The third-order valence-corrected chi connectivity index (χ3v) is 3.49. The Morgan fingerprint density at radius 3 is 2.30 bits per heavy atom. The van der Waals surface area contributed by atoms with E-state index in [1.165, 1.54) is 0 Å². The van der Waals surface area contributed by atoms with E-state index in [1.807, 2.05) is 0 Å². The summed E-state index contributed by atoms with van der Waals surface area (Å²) in [6.45, 7) is -0.341. The van der Waals surface area contributed by atoms with Crippen LogP contribution in [0.3, 0.4) is 0 Å². The van der Waals surface area contributed by atoms with Crippen molar-refractivity contribution in [2.45, 2.75) is 0 Å². The van der Waals surface area contributed by atoms with Crippen molar-refractivity contribution in [3.05, 3.63) is 65.2 Å². The fourth-order valence-electron chi connectivity index (χ4n) is 2.41. The van der Waals surface area contributed by atoms with E-state index in [9.17, 15) is 14.4 Å². The number of anilines is 1. The van der Waals surface area contributed by atoms with E-state index in [-0.39, 0.29) is 6.54 Å². The van der Waals surface area contributed by atoms with Crippen LogP contribution in [0, 0.1) is 12.3 Å². The predicted molar refractivity (Wildman–Crippen MR) is 84.8 cm³/mol. The van der Waals surface area contributed by atoms with Crippen molar-refractivity contribution in [2.24, 2.45) is 0 Å². The van der Waals surface area contributed by atoms with Crippen LogP contribution in [0.5, 0.6) is 0 Å². The maximum absolute atomic E-state index is 12.2. The van der Waals surface area contributed by atoms with Crippen molar-refractivity contribution in [1.82, 2.24) is 4.90 Å². The molecule has 0 aliphatic carbocycles. The average molecular weight is 304 g/mol. The molecule has 3 amide bonds. The van der Waals surface area contributed by atoms with Crippen LogP contribution in [0.2, 0.25) is 0 Å². The van der Waals surface area contributed by atoms with Gasteiger partial charge in [0, 0.05) is 11.3 Å². The number of amides is 3. The van der Waals surface area contributed by atoms with Crippen molar-refractivity contribution < 1.29 is 14.4 Å². The Morgan fingerprint density at radius 1 is 1.04 bits per heavy atom. The van der Waals surface area contributed by atoms with E-state index < -0.39 is 17.7 Å². The number of nitrogens with one attached hydrogen (secondary N) is 1. The Labute approximate surface area is 132 Å². The van der Waals surface area contributed by atoms with Crippen molar-refractivity contribution in [2.75, 3.05) is 11.9 Å². The minimum absolute atomic E-state index is 0.319. The van der Waals surface area contributed by atoms with Gasteiger partial charge in [-0.05, 0) is 30.3 Å². The highest BCUT2D eigenvalue weighted by molar-refractivity contribution is 6.22. The summed E-state index contributed by atoms with van der Waals surface area (Å²) >= 11 is 0. The molecule has 1 aliphatic heterocycles. The largest absolute Gasteiger partial charge is 0.324 e. The van der Waals surface area contributed by atoms with E-state index in [4.69, 9.17) is 6.42 Å². The van der Waals surface area contributed by atoms with Gasteiger partial charge in [-0.25, -0.2) is 0 Å². The molecule has 1 heterocycles. The van der Waals surface area contributed by atoms with Gasteiger partial charge in [0.25, 0.3) is 11.8 Å². The summed E-state index contributed by atoms with van der Waals surface area (Å²) < 4.78 is 0. The van der Waals surface area contributed by atoms with Crippen molar-refractivity contribution in [1.29, 1.82) is 0 Å². The minimum Gasteiger partial charge on any atom is -0.324 e. The first-order valence-corrected chi connectivity index (χ1v) is 6.92. The number of carbonyl (C=O) groups excluding carboxylic acids is 3. The first kappa shape index (κ1) is 14.5. The molecule has 2 aromatic carbocycles. The number of hydrogen-bond donors (Lipinski definition) is 1. The van der Waals surface area contributed by atoms with Crippen molar-refractivity contribution >= 4 is 23.4 Å². The van der Waals surface area contributed by atoms with E-state index in [1.54, 1.807) is 48.5 Å². The SMILES string of the molecule is C#Cc1cccc(NC(=O)CN2C(=O)c3ccccc3C2=O)c1. The quantitative estimate of drug-likeness (QED) is 0.696. The van der Waals surface area contributed by atoms with Gasteiger partial charge < -0.3 is 5.32 Å². The molecule has 1 N–H and O–H groups in total. The Hall–Kier alpha value is -3.39. The summed E-state index contributed by atoms with van der Waals surface area (Å²) in [4.78, 5) is 37.4. The van der Waals surface area contributed by atoms with Gasteiger partial charge in [-0.2, -0.15) is 0 Å². The Bertz CT molecular complexity index is 830. The molecular formula is C18H12N2O3. The van der Waals surface area contributed by atoms with Gasteiger partial charge in [-0.3, -0.25) is 19.3 Å². The molecule has 0 radical (unpaired) electrons. The number of terminal acetylenes is 1. The first-order chi connectivity index (χ1) is 11.1. The van der Waals surface area contributed by atoms with Crippen LogP contribution >= 0.6 is 0 Å². The molecule has 0 aromatic heterocycles. The standard InChI is InChI=1S/C18H12N2O3/c1-2-12-6-5-7-13(10-12)19-16(21)11-20-17(22)14-8-3-4-9-15(14)18(20)23/h1,3-10H,11H2,(H,19,21). The lowest BCUT2D eigenvalue weighted by Crippen LogP contribution is -2.37. The van der Waals surface area contributed by atoms with Crippen LogP contribution in [-0.4, -0.2) is 29.2 Å². The van der Waals surface area contributed by atoms with E-state index in [0.717, 1.165) is 4.90 Å². The van der Waals surface area contributed by atoms with Crippen molar-refractivity contribution in [3.8, 4) is 12.3 Å². The molecule has 5 nitrogen and oxygen atoms in total. The average Bonchev–Trinajstić information content (AvgIpc) is 2.80. The zero-order chi connectivity index (χ0) is 16.4. The molecule has 0 spiro atoms. The van der Waals surface area contributed by atoms with Crippen molar-refractivity contribution in [3.63, 3.8) is 0 Å². The lowest BCUT2D eigenvalue weighted by molar-refractivity contribution is -0.116. The molecule has 0 saturated heterocycles. The third kappa shape index (κ3) is 2.70. The third-order valence-electron chi connectivity index (χ3n) is 3.49. The maximum atomic E-state index is 12.2. The molecule has 5 heteroatoms. The topological polar surface area (TPSA) is 66.5 Å². The molecule has 0 unspecified atom stereocenters. The van der Waals surface area contributed by atoms with Crippen LogP contribution < -0.4 is 5.32 Å². The Morgan fingerprint density at radius 2 is 1.70 bits per heavy atom. The highest BCUT2D eigenvalue weighted by Crippen LogP contribution is 2.22. The summed E-state index contributed by atoms with van der Waals surface area (Å²) in [7, 11) is 0. The molecule has 3 rings (SSSR count). The second-order valence-electron chi connectivity index (χ2n) is 5.02. The van der Waals surface area contributed by atoms with Crippen LogP contribution in [0.1, 0.15) is 26.3 Å². The number of carbonyl (C=O) groups is 3. The maximum Gasteiger partial charge on any atom is 0.262 e. The lowest BCUT2D eigenvalue weighted by Gasteiger charge is -2.13. The second kappa shape index (κ2) is 5.78. The highest BCUT2D eigenvalue weighted by atomic mass is 16.2. The number of nitrogens with zero attached hydrogens (tertiary/aromatic N) is 1. The number of rotatable bonds is 3. The van der Waals surface area contributed by atoms with E-state index >= 15 is 0 Å². The number of benzene rings is 2. The smallest absolute Gasteiger partial charge is 0.262 e. The Kier molecular flexibility index (Phi) is 3.65. The van der Waals surface area contributed by atoms with Gasteiger partial charge in [0.05, 0.1) is 11.1 Å². The van der Waals surface area contributed by atoms with Gasteiger partial charge in [0.2, 0.25) is 5.91 Å². The molecule has 0 atom stereocenters. The molecule has 0 fully saturated rings. The molecule has 1 aliphatic rings. The summed E-state index contributed by atoms with van der Waals surface area (Å²) in [5, 5.41) is 2.63. The van der Waals surface area contributed by atoms with Gasteiger partial charge in [-0.15, -0.1) is 6.42 Å². The van der Waals surface area contributed by atoms with Gasteiger partial charge in [0.15, 0.2) is 0 Å². The number of imide groups is 1. The zero-order valence-electron chi connectivity index (χ0n) is 12.1. The van der Waals surface area contributed by atoms with Crippen LogP contribution in [0.15, 0.2) is 48.5 Å². The summed E-state index contributed by atoms with van der Waals surface area (Å²) in [6, 6.07) is 13.3. The summed E-state index contributed by atoms with van der Waals surface area (Å²) in [5.74, 6) is 1.09. The lowest BCUT2D eigenvalue weighted by atomic mass is 10.1. The van der Waals surface area contributed by atoms with Gasteiger partial charge >= 0.3 is 0 Å². The molecular weight excluding hydrogens is 292 g/mol. The van der Waals surface area contributed by atoms with Crippen LogP contribution in [0.4, 0.5) is 5.69 Å². The van der Waals surface area contributed by atoms with Gasteiger partial charge in [-0.1, -0.05) is 24.1 Å². The summed E-state index contributed by atoms with van der Waals surface area (Å²) in [6.07, 6.45) is 5.31. The molecule has 2 aromatic rings. The summed E-state index contributed by atoms with van der Waals surface area (Å²) in [5.41, 5.74) is 1.78. The predicted octanol–water partition coefficient (Wildman–Crippen LogP) is 1.90. The zero-order valence-corrected chi connectivity index (χ0v) is 12.1.